The van der Waals surface area contributed by atoms with Crippen molar-refractivity contribution in [3.63, 3.8) is 0 Å². The van der Waals surface area contributed by atoms with Crippen LogP contribution in [0.25, 0.3) is 22.4 Å². The van der Waals surface area contributed by atoms with Gasteiger partial charge in [-0.3, -0.25) is 0 Å². The third-order valence-electron chi connectivity index (χ3n) is 5.24. The zero-order chi connectivity index (χ0) is 18.9. The Labute approximate surface area is 164 Å². The molecule has 5 heteroatoms. The Hall–Kier alpha value is -2.44. The van der Waals surface area contributed by atoms with E-state index in [0.717, 1.165) is 11.1 Å². The summed E-state index contributed by atoms with van der Waals surface area (Å²) in [6, 6.07) is 19.0. The van der Waals surface area contributed by atoms with Gasteiger partial charge in [-0.2, -0.15) is 0 Å². The minimum atomic E-state index is -0.232. The van der Waals surface area contributed by atoms with Crippen molar-refractivity contribution in [3.05, 3.63) is 71.9 Å². The summed E-state index contributed by atoms with van der Waals surface area (Å²) in [4.78, 5) is 0. The van der Waals surface area contributed by atoms with Crippen LogP contribution in [0.5, 0.6) is 0 Å². The number of nitrogens with zero attached hydrogens (tertiary/aromatic N) is 1. The first kappa shape index (κ1) is 17.6. The molecule has 0 saturated carbocycles. The second kappa shape index (κ2) is 7.53. The van der Waals surface area contributed by atoms with Gasteiger partial charge in [-0.25, -0.2) is 0 Å². The molecule has 144 valence electrons. The standard InChI is InChI=1S/C23H23NO4/c1-24-15-20(16-2-6-18(7-3-16)22-25-10-11-26-22)14-21(24)17-4-8-19(9-5-17)23-27-12-13-28-23/h2-9,14-15,22-23H,10-13H2,1H3. The first-order valence-electron chi connectivity index (χ1n) is 9.61. The minimum Gasteiger partial charge on any atom is -0.350 e. The van der Waals surface area contributed by atoms with E-state index in [1.807, 2.05) is 0 Å². The van der Waals surface area contributed by atoms with Crippen molar-refractivity contribution in [2.75, 3.05) is 26.4 Å². The van der Waals surface area contributed by atoms with E-state index in [1.165, 1.54) is 22.4 Å². The Morgan fingerprint density at radius 1 is 0.643 bits per heavy atom. The fourth-order valence-electron chi connectivity index (χ4n) is 3.75. The molecule has 0 unspecified atom stereocenters. The summed E-state index contributed by atoms with van der Waals surface area (Å²) in [5, 5.41) is 0. The summed E-state index contributed by atoms with van der Waals surface area (Å²) in [6.45, 7) is 2.63. The molecule has 0 bridgehead atoms. The molecule has 0 aliphatic carbocycles. The van der Waals surface area contributed by atoms with Crippen LogP contribution < -0.4 is 0 Å². The summed E-state index contributed by atoms with van der Waals surface area (Å²) in [5.41, 5.74) is 6.81. The van der Waals surface area contributed by atoms with Crippen molar-refractivity contribution in [3.8, 4) is 22.4 Å². The molecule has 0 radical (unpaired) electrons. The van der Waals surface area contributed by atoms with Gasteiger partial charge in [0.25, 0.3) is 0 Å². The Kier molecular flexibility index (Phi) is 4.74. The molecule has 2 aliphatic heterocycles. The topological polar surface area (TPSA) is 41.9 Å². The molecule has 3 heterocycles. The highest BCUT2D eigenvalue weighted by molar-refractivity contribution is 5.72. The van der Waals surface area contributed by atoms with Gasteiger partial charge in [-0.1, -0.05) is 48.5 Å². The van der Waals surface area contributed by atoms with Gasteiger partial charge >= 0.3 is 0 Å². The van der Waals surface area contributed by atoms with Crippen LogP contribution in [0, 0.1) is 0 Å². The molecule has 5 rings (SSSR count). The third-order valence-corrected chi connectivity index (χ3v) is 5.24. The van der Waals surface area contributed by atoms with Crippen LogP contribution in [0.2, 0.25) is 0 Å². The molecule has 0 N–H and O–H groups in total. The van der Waals surface area contributed by atoms with Gasteiger partial charge in [0, 0.05) is 30.1 Å². The van der Waals surface area contributed by atoms with Gasteiger partial charge < -0.3 is 23.5 Å². The number of aryl methyl sites for hydroxylation is 1. The van der Waals surface area contributed by atoms with E-state index in [0.29, 0.717) is 26.4 Å². The molecule has 0 amide bonds. The predicted molar refractivity (Wildman–Crippen MR) is 106 cm³/mol. The molecular formula is C23H23NO4. The Morgan fingerprint density at radius 3 is 1.61 bits per heavy atom. The van der Waals surface area contributed by atoms with Crippen molar-refractivity contribution in [1.82, 2.24) is 4.57 Å². The number of benzene rings is 2. The fraction of sp³-hybridized carbons (Fsp3) is 0.304. The monoisotopic (exact) mass is 377 g/mol. The van der Waals surface area contributed by atoms with Gasteiger partial charge in [-0.05, 0) is 22.8 Å². The normalized spacial score (nSPS) is 18.2. The van der Waals surface area contributed by atoms with E-state index in [9.17, 15) is 0 Å². The van der Waals surface area contributed by atoms with E-state index >= 15 is 0 Å². The maximum atomic E-state index is 5.57. The summed E-state index contributed by atoms with van der Waals surface area (Å²) < 4.78 is 24.4. The largest absolute Gasteiger partial charge is 0.350 e. The minimum absolute atomic E-state index is 0.230. The molecule has 2 fully saturated rings. The van der Waals surface area contributed by atoms with Gasteiger partial charge in [0.1, 0.15) is 0 Å². The molecular weight excluding hydrogens is 354 g/mol. The van der Waals surface area contributed by atoms with Crippen molar-refractivity contribution in [2.24, 2.45) is 7.05 Å². The van der Waals surface area contributed by atoms with Crippen LogP contribution in [-0.2, 0) is 26.0 Å². The van der Waals surface area contributed by atoms with E-state index in [4.69, 9.17) is 18.9 Å². The molecule has 2 aromatic carbocycles. The number of hydrogen-bond acceptors (Lipinski definition) is 4. The third kappa shape index (κ3) is 3.38. The molecule has 2 aliphatic rings. The lowest BCUT2D eigenvalue weighted by Crippen LogP contribution is -1.97. The summed E-state index contributed by atoms with van der Waals surface area (Å²) in [6.07, 6.45) is 1.69. The number of rotatable bonds is 4. The molecule has 3 aromatic rings. The summed E-state index contributed by atoms with van der Waals surface area (Å²) >= 11 is 0. The first-order valence-corrected chi connectivity index (χ1v) is 9.61. The zero-order valence-electron chi connectivity index (χ0n) is 15.8. The SMILES string of the molecule is Cn1cc(-c2ccc(C3OCCO3)cc2)cc1-c1ccc(C2OCCO2)cc1. The Balaban J connectivity index is 1.37. The molecule has 5 nitrogen and oxygen atoms in total. The molecule has 0 atom stereocenters. The maximum absolute atomic E-state index is 5.57. The number of aromatic nitrogens is 1. The quantitative estimate of drug-likeness (QED) is 0.674. The maximum Gasteiger partial charge on any atom is 0.184 e. The molecule has 1 aromatic heterocycles. The highest BCUT2D eigenvalue weighted by atomic mass is 16.7. The number of hydrogen-bond donors (Lipinski definition) is 0. The smallest absolute Gasteiger partial charge is 0.184 e. The van der Waals surface area contributed by atoms with E-state index in [-0.39, 0.29) is 12.6 Å². The van der Waals surface area contributed by atoms with Gasteiger partial charge in [-0.15, -0.1) is 0 Å². The van der Waals surface area contributed by atoms with Crippen molar-refractivity contribution in [2.45, 2.75) is 12.6 Å². The van der Waals surface area contributed by atoms with Crippen LogP contribution >= 0.6 is 0 Å². The van der Waals surface area contributed by atoms with Crippen molar-refractivity contribution >= 4 is 0 Å². The average Bonchev–Trinajstić information content (AvgIpc) is 3.50. The predicted octanol–water partition coefficient (Wildman–Crippen LogP) is 4.45. The molecule has 2 saturated heterocycles. The number of ether oxygens (including phenoxy) is 4. The van der Waals surface area contributed by atoms with Gasteiger partial charge in [0.15, 0.2) is 12.6 Å². The lowest BCUT2D eigenvalue weighted by atomic mass is 10.0. The van der Waals surface area contributed by atoms with Crippen LogP contribution in [-0.4, -0.2) is 31.0 Å². The average molecular weight is 377 g/mol. The summed E-state index contributed by atoms with van der Waals surface area (Å²) in [7, 11) is 2.07. The van der Waals surface area contributed by atoms with Crippen LogP contribution in [0.3, 0.4) is 0 Å². The fourth-order valence-corrected chi connectivity index (χ4v) is 3.75. The summed E-state index contributed by atoms with van der Waals surface area (Å²) in [5.74, 6) is 0. The Bertz CT molecular complexity index is 934. The van der Waals surface area contributed by atoms with Gasteiger partial charge in [0.2, 0.25) is 0 Å². The van der Waals surface area contributed by atoms with E-state index < -0.39 is 0 Å². The highest BCUT2D eigenvalue weighted by Gasteiger charge is 2.19. The van der Waals surface area contributed by atoms with E-state index in [2.05, 4.69) is 72.4 Å². The molecule has 28 heavy (non-hydrogen) atoms. The first-order chi connectivity index (χ1) is 13.8. The lowest BCUT2D eigenvalue weighted by Gasteiger charge is -2.10. The van der Waals surface area contributed by atoms with Crippen molar-refractivity contribution in [1.29, 1.82) is 0 Å². The van der Waals surface area contributed by atoms with Crippen LogP contribution in [0.1, 0.15) is 23.7 Å². The lowest BCUT2D eigenvalue weighted by molar-refractivity contribution is -0.0443. The van der Waals surface area contributed by atoms with Crippen LogP contribution in [0.4, 0.5) is 0 Å². The van der Waals surface area contributed by atoms with Crippen LogP contribution in [0.15, 0.2) is 60.8 Å². The second-order valence-electron chi connectivity index (χ2n) is 7.12. The molecule has 0 spiro atoms. The van der Waals surface area contributed by atoms with Gasteiger partial charge in [0.05, 0.1) is 26.4 Å². The van der Waals surface area contributed by atoms with Crippen molar-refractivity contribution < 1.29 is 18.9 Å². The van der Waals surface area contributed by atoms with E-state index in [1.54, 1.807) is 0 Å². The second-order valence-corrected chi connectivity index (χ2v) is 7.12. The highest BCUT2D eigenvalue weighted by Crippen LogP contribution is 2.31. The Morgan fingerprint density at radius 2 is 1.11 bits per heavy atom. The zero-order valence-corrected chi connectivity index (χ0v) is 15.8.